The first-order valence-corrected chi connectivity index (χ1v) is 4.78. The molecule has 1 fully saturated rings. The summed E-state index contributed by atoms with van der Waals surface area (Å²) in [5.74, 6) is 0. The van der Waals surface area contributed by atoms with Gasteiger partial charge in [0.1, 0.15) is 0 Å². The van der Waals surface area contributed by atoms with E-state index in [1.54, 1.807) is 0 Å². The van der Waals surface area contributed by atoms with Crippen LogP contribution in [0.1, 0.15) is 32.6 Å². The summed E-state index contributed by atoms with van der Waals surface area (Å²) >= 11 is 0. The van der Waals surface area contributed by atoms with Crippen LogP contribution in [0.5, 0.6) is 0 Å². The highest BCUT2D eigenvalue weighted by atomic mass is 16.8. The van der Waals surface area contributed by atoms with Crippen molar-refractivity contribution in [2.45, 2.75) is 38.9 Å². The molecule has 0 saturated carbocycles. The quantitative estimate of drug-likeness (QED) is 0.500. The van der Waals surface area contributed by atoms with Crippen LogP contribution < -0.4 is 0 Å². The summed E-state index contributed by atoms with van der Waals surface area (Å²) in [6.45, 7) is 3.14. The number of ether oxygens (including phenoxy) is 3. The van der Waals surface area contributed by atoms with E-state index in [4.69, 9.17) is 14.2 Å². The Balaban J connectivity index is 2.02. The Hall–Kier alpha value is -0.770. The van der Waals surface area contributed by atoms with E-state index < -0.39 is 6.16 Å². The largest absolute Gasteiger partial charge is 0.510 e. The third-order valence-electron chi connectivity index (χ3n) is 1.83. The number of hydrogen-bond donors (Lipinski definition) is 0. The minimum Gasteiger partial charge on any atom is -0.434 e. The summed E-state index contributed by atoms with van der Waals surface area (Å²) in [6.07, 6.45) is 2.62. The van der Waals surface area contributed by atoms with Gasteiger partial charge in [-0.15, -0.1) is 0 Å². The Labute approximate surface area is 78.2 Å². The van der Waals surface area contributed by atoms with Gasteiger partial charge in [-0.2, -0.15) is 0 Å². The fourth-order valence-corrected chi connectivity index (χ4v) is 1.08. The minimum absolute atomic E-state index is 0.380. The van der Waals surface area contributed by atoms with Crippen molar-refractivity contribution in [2.24, 2.45) is 0 Å². The first-order valence-electron chi connectivity index (χ1n) is 4.78. The molecule has 0 amide bonds. The molecular formula is C9H16O4. The SMILES string of the molecule is CCCCOC(=O)OC1CCCO1. The Bertz CT molecular complexity index is 152. The maximum atomic E-state index is 10.9. The maximum absolute atomic E-state index is 10.9. The monoisotopic (exact) mass is 188 g/mol. The zero-order valence-electron chi connectivity index (χ0n) is 7.95. The summed E-state index contributed by atoms with van der Waals surface area (Å²) in [5, 5.41) is 0. The van der Waals surface area contributed by atoms with E-state index in [0.29, 0.717) is 13.2 Å². The van der Waals surface area contributed by atoms with Crippen LogP contribution in [0.25, 0.3) is 0 Å². The van der Waals surface area contributed by atoms with Crippen molar-refractivity contribution in [3.8, 4) is 0 Å². The predicted molar refractivity (Wildman–Crippen MR) is 46.3 cm³/mol. The predicted octanol–water partition coefficient (Wildman–Crippen LogP) is 2.08. The van der Waals surface area contributed by atoms with Gasteiger partial charge in [0.15, 0.2) is 0 Å². The van der Waals surface area contributed by atoms with Gasteiger partial charge in [-0.05, 0) is 12.8 Å². The van der Waals surface area contributed by atoms with Gasteiger partial charge in [-0.3, -0.25) is 0 Å². The van der Waals surface area contributed by atoms with Crippen LogP contribution in [0.15, 0.2) is 0 Å². The topological polar surface area (TPSA) is 44.8 Å². The van der Waals surface area contributed by atoms with Crippen molar-refractivity contribution in [2.75, 3.05) is 13.2 Å². The van der Waals surface area contributed by atoms with Crippen LogP contribution in [0.4, 0.5) is 4.79 Å². The number of carbonyl (C=O) groups excluding carboxylic acids is 1. The molecule has 1 unspecified atom stereocenters. The fourth-order valence-electron chi connectivity index (χ4n) is 1.08. The molecule has 0 aliphatic carbocycles. The lowest BCUT2D eigenvalue weighted by atomic mass is 10.4. The Morgan fingerprint density at radius 2 is 2.46 bits per heavy atom. The van der Waals surface area contributed by atoms with Crippen LogP contribution in [-0.2, 0) is 14.2 Å². The van der Waals surface area contributed by atoms with Crippen molar-refractivity contribution < 1.29 is 19.0 Å². The van der Waals surface area contributed by atoms with Crippen molar-refractivity contribution in [3.05, 3.63) is 0 Å². The molecule has 76 valence electrons. The van der Waals surface area contributed by atoms with Crippen molar-refractivity contribution in [1.29, 1.82) is 0 Å². The molecule has 0 aromatic carbocycles. The molecule has 0 radical (unpaired) electrons. The minimum atomic E-state index is -0.611. The summed E-state index contributed by atoms with van der Waals surface area (Å²) in [7, 11) is 0. The van der Waals surface area contributed by atoms with Gasteiger partial charge in [0.2, 0.25) is 6.29 Å². The van der Waals surface area contributed by atoms with E-state index in [1.807, 2.05) is 6.92 Å². The molecule has 1 atom stereocenters. The standard InChI is InChI=1S/C9H16O4/c1-2-3-6-12-9(10)13-8-5-4-7-11-8/h8H,2-7H2,1H3. The van der Waals surface area contributed by atoms with Gasteiger partial charge in [-0.1, -0.05) is 13.3 Å². The van der Waals surface area contributed by atoms with Crippen LogP contribution in [0.3, 0.4) is 0 Å². The van der Waals surface area contributed by atoms with Gasteiger partial charge in [0, 0.05) is 6.42 Å². The van der Waals surface area contributed by atoms with E-state index in [0.717, 1.165) is 25.7 Å². The summed E-state index contributed by atoms with van der Waals surface area (Å²) < 4.78 is 14.8. The molecular weight excluding hydrogens is 172 g/mol. The Morgan fingerprint density at radius 3 is 3.08 bits per heavy atom. The number of carbonyl (C=O) groups is 1. The molecule has 0 spiro atoms. The lowest BCUT2D eigenvalue weighted by molar-refractivity contribution is -0.0917. The van der Waals surface area contributed by atoms with Crippen LogP contribution in [-0.4, -0.2) is 25.7 Å². The zero-order valence-corrected chi connectivity index (χ0v) is 7.95. The lowest BCUT2D eigenvalue weighted by Crippen LogP contribution is -2.18. The highest BCUT2D eigenvalue weighted by Gasteiger charge is 2.20. The van der Waals surface area contributed by atoms with Gasteiger partial charge < -0.3 is 14.2 Å². The normalized spacial score (nSPS) is 21.5. The zero-order chi connectivity index (χ0) is 9.52. The van der Waals surface area contributed by atoms with Crippen LogP contribution in [0, 0.1) is 0 Å². The molecule has 0 bridgehead atoms. The summed E-state index contributed by atoms with van der Waals surface area (Å²) in [6, 6.07) is 0. The maximum Gasteiger partial charge on any atom is 0.510 e. The second kappa shape index (κ2) is 5.80. The fraction of sp³-hybridized carbons (Fsp3) is 0.889. The van der Waals surface area contributed by atoms with Gasteiger partial charge in [0.05, 0.1) is 13.2 Å². The number of unbranched alkanes of at least 4 members (excludes halogenated alkanes) is 1. The summed E-state index contributed by atoms with van der Waals surface area (Å²) in [4.78, 5) is 10.9. The molecule has 1 saturated heterocycles. The molecule has 13 heavy (non-hydrogen) atoms. The van der Waals surface area contributed by atoms with E-state index in [9.17, 15) is 4.79 Å². The Morgan fingerprint density at radius 1 is 1.62 bits per heavy atom. The molecule has 1 heterocycles. The first kappa shape index (κ1) is 10.3. The average Bonchev–Trinajstić information content (AvgIpc) is 2.57. The number of rotatable bonds is 4. The van der Waals surface area contributed by atoms with Crippen molar-refractivity contribution >= 4 is 6.16 Å². The number of hydrogen-bond acceptors (Lipinski definition) is 4. The third-order valence-corrected chi connectivity index (χ3v) is 1.83. The molecule has 4 nitrogen and oxygen atoms in total. The third kappa shape index (κ3) is 4.12. The highest BCUT2D eigenvalue weighted by Crippen LogP contribution is 2.13. The molecule has 1 aliphatic rings. The van der Waals surface area contributed by atoms with Crippen LogP contribution >= 0.6 is 0 Å². The second-order valence-corrected chi connectivity index (χ2v) is 3.01. The second-order valence-electron chi connectivity index (χ2n) is 3.01. The van der Waals surface area contributed by atoms with Crippen molar-refractivity contribution in [3.63, 3.8) is 0 Å². The molecule has 4 heteroatoms. The molecule has 1 rings (SSSR count). The van der Waals surface area contributed by atoms with E-state index >= 15 is 0 Å². The van der Waals surface area contributed by atoms with Crippen LogP contribution in [0.2, 0.25) is 0 Å². The molecule has 0 aromatic heterocycles. The smallest absolute Gasteiger partial charge is 0.434 e. The van der Waals surface area contributed by atoms with Gasteiger partial charge >= 0.3 is 6.16 Å². The lowest BCUT2D eigenvalue weighted by Gasteiger charge is -2.10. The molecule has 1 aliphatic heterocycles. The van der Waals surface area contributed by atoms with Gasteiger partial charge in [0.25, 0.3) is 0 Å². The summed E-state index contributed by atoms with van der Waals surface area (Å²) in [5.41, 5.74) is 0. The van der Waals surface area contributed by atoms with E-state index in [1.165, 1.54) is 0 Å². The van der Waals surface area contributed by atoms with Gasteiger partial charge in [-0.25, -0.2) is 4.79 Å². The first-order chi connectivity index (χ1) is 6.33. The van der Waals surface area contributed by atoms with Crippen molar-refractivity contribution in [1.82, 2.24) is 0 Å². The molecule has 0 aromatic rings. The average molecular weight is 188 g/mol. The highest BCUT2D eigenvalue weighted by molar-refractivity contribution is 5.59. The van der Waals surface area contributed by atoms with E-state index in [-0.39, 0.29) is 6.29 Å². The Kier molecular flexibility index (Phi) is 4.60. The van der Waals surface area contributed by atoms with E-state index in [2.05, 4.69) is 0 Å². The molecule has 0 N–H and O–H groups in total.